The molecule has 27 heavy (non-hydrogen) atoms. The molecule has 2 aromatic carbocycles. The smallest absolute Gasteiger partial charge is 0.325 e. The fourth-order valence-corrected chi connectivity index (χ4v) is 2.67. The number of amides is 2. The first kappa shape index (κ1) is 18.4. The van der Waals surface area contributed by atoms with Gasteiger partial charge in [0.1, 0.15) is 6.54 Å². The lowest BCUT2D eigenvalue weighted by Crippen LogP contribution is -2.19. The lowest BCUT2D eigenvalue weighted by Gasteiger charge is -2.11. The fraction of sp³-hybridized carbons (Fsp3) is 0.167. The highest BCUT2D eigenvalue weighted by atomic mass is 19.4. The normalized spacial score (nSPS) is 11.4. The highest BCUT2D eigenvalue weighted by Gasteiger charge is 2.30. The summed E-state index contributed by atoms with van der Waals surface area (Å²) in [7, 11) is 0. The minimum absolute atomic E-state index is 0.0429. The molecule has 3 aromatic rings. The molecule has 0 unspecified atom stereocenters. The number of nitrogens with zero attached hydrogens (tertiary/aromatic N) is 2. The van der Waals surface area contributed by atoms with Gasteiger partial charge in [-0.3, -0.25) is 9.59 Å². The molecule has 2 amide bonds. The number of carbonyl (C=O) groups is 2. The molecule has 140 valence electrons. The molecule has 0 aliphatic carbocycles. The number of rotatable bonds is 4. The number of para-hydroxylation sites is 1. The molecule has 0 radical (unpaired) electrons. The summed E-state index contributed by atoms with van der Waals surface area (Å²) in [5, 5.41) is 5.11. The van der Waals surface area contributed by atoms with Gasteiger partial charge in [0.25, 0.3) is 0 Å². The molecule has 0 atom stereocenters. The SMILES string of the molecule is CC(=O)Nc1cccc2ncn(CC(=O)Nc3cccc(C(F)(F)F)c3)c12. The van der Waals surface area contributed by atoms with E-state index in [-0.39, 0.29) is 18.1 Å². The molecule has 0 bridgehead atoms. The average molecular weight is 376 g/mol. The number of aromatic nitrogens is 2. The van der Waals surface area contributed by atoms with Crippen molar-refractivity contribution in [1.82, 2.24) is 9.55 Å². The molecule has 2 N–H and O–H groups in total. The van der Waals surface area contributed by atoms with E-state index >= 15 is 0 Å². The maximum absolute atomic E-state index is 12.8. The van der Waals surface area contributed by atoms with Crippen LogP contribution in [0.5, 0.6) is 0 Å². The quantitative estimate of drug-likeness (QED) is 0.730. The minimum Gasteiger partial charge on any atom is -0.325 e. The van der Waals surface area contributed by atoms with Crippen LogP contribution in [0, 0.1) is 0 Å². The Bertz CT molecular complexity index is 1010. The van der Waals surface area contributed by atoms with Crippen molar-refractivity contribution in [2.45, 2.75) is 19.6 Å². The summed E-state index contributed by atoms with van der Waals surface area (Å²) in [5.74, 6) is -0.796. The average Bonchev–Trinajstić information content (AvgIpc) is 2.98. The van der Waals surface area contributed by atoms with Crippen LogP contribution in [-0.4, -0.2) is 21.4 Å². The molecule has 0 spiro atoms. The predicted octanol–water partition coefficient (Wildman–Crippen LogP) is 3.65. The molecule has 3 rings (SSSR count). The first-order valence-corrected chi connectivity index (χ1v) is 7.92. The maximum atomic E-state index is 12.8. The fourth-order valence-electron chi connectivity index (χ4n) is 2.67. The van der Waals surface area contributed by atoms with E-state index in [1.165, 1.54) is 30.0 Å². The topological polar surface area (TPSA) is 76.0 Å². The standard InChI is InChI=1S/C18H15F3N4O2/c1-11(26)23-15-7-3-6-14-17(15)25(10-22-14)9-16(27)24-13-5-2-4-12(8-13)18(19,20)21/h2-8,10H,9H2,1H3,(H,23,26)(H,24,27). The van der Waals surface area contributed by atoms with Crippen molar-refractivity contribution in [3.05, 3.63) is 54.4 Å². The van der Waals surface area contributed by atoms with E-state index in [2.05, 4.69) is 15.6 Å². The summed E-state index contributed by atoms with van der Waals surface area (Å²) in [4.78, 5) is 27.8. The molecule has 0 aliphatic rings. The van der Waals surface area contributed by atoms with E-state index in [1.54, 1.807) is 18.2 Å². The Balaban J connectivity index is 1.82. The zero-order valence-corrected chi connectivity index (χ0v) is 14.2. The summed E-state index contributed by atoms with van der Waals surface area (Å²) in [5.41, 5.74) is 0.812. The first-order valence-electron chi connectivity index (χ1n) is 7.92. The van der Waals surface area contributed by atoms with Gasteiger partial charge < -0.3 is 15.2 Å². The molecular formula is C18H15F3N4O2. The van der Waals surface area contributed by atoms with Crippen LogP contribution in [0.4, 0.5) is 24.5 Å². The Kier molecular flexibility index (Phi) is 4.85. The third-order valence-corrected chi connectivity index (χ3v) is 3.74. The van der Waals surface area contributed by atoms with Crippen molar-refractivity contribution in [2.24, 2.45) is 0 Å². The first-order chi connectivity index (χ1) is 12.7. The number of benzene rings is 2. The van der Waals surface area contributed by atoms with Gasteiger partial charge in [-0.2, -0.15) is 13.2 Å². The van der Waals surface area contributed by atoms with Crippen molar-refractivity contribution in [3.8, 4) is 0 Å². The highest BCUT2D eigenvalue weighted by Crippen LogP contribution is 2.30. The Hall–Kier alpha value is -3.36. The van der Waals surface area contributed by atoms with Crippen LogP contribution >= 0.6 is 0 Å². The molecule has 9 heteroatoms. The van der Waals surface area contributed by atoms with E-state index < -0.39 is 17.6 Å². The molecule has 1 heterocycles. The van der Waals surface area contributed by atoms with E-state index in [0.717, 1.165) is 12.1 Å². The van der Waals surface area contributed by atoms with Gasteiger partial charge in [-0.1, -0.05) is 12.1 Å². The van der Waals surface area contributed by atoms with Crippen LogP contribution in [0.15, 0.2) is 48.8 Å². The van der Waals surface area contributed by atoms with E-state index in [9.17, 15) is 22.8 Å². The van der Waals surface area contributed by atoms with Crippen LogP contribution < -0.4 is 10.6 Å². The Morgan fingerprint density at radius 3 is 2.56 bits per heavy atom. The van der Waals surface area contributed by atoms with Gasteiger partial charge in [0.15, 0.2) is 0 Å². The lowest BCUT2D eigenvalue weighted by molar-refractivity contribution is -0.137. The van der Waals surface area contributed by atoms with Gasteiger partial charge in [0.2, 0.25) is 11.8 Å². The zero-order chi connectivity index (χ0) is 19.6. The van der Waals surface area contributed by atoms with Crippen molar-refractivity contribution < 1.29 is 22.8 Å². The van der Waals surface area contributed by atoms with Crippen molar-refractivity contribution in [2.75, 3.05) is 10.6 Å². The van der Waals surface area contributed by atoms with Gasteiger partial charge in [0.05, 0.1) is 28.6 Å². The third kappa shape index (κ3) is 4.25. The number of nitrogens with one attached hydrogen (secondary N) is 2. The Morgan fingerprint density at radius 1 is 1.11 bits per heavy atom. The molecule has 6 nitrogen and oxygen atoms in total. The van der Waals surface area contributed by atoms with Gasteiger partial charge in [-0.05, 0) is 30.3 Å². The van der Waals surface area contributed by atoms with Crippen molar-refractivity contribution in [1.29, 1.82) is 0 Å². The van der Waals surface area contributed by atoms with Crippen LogP contribution in [-0.2, 0) is 22.3 Å². The predicted molar refractivity (Wildman–Crippen MR) is 94.1 cm³/mol. The van der Waals surface area contributed by atoms with Crippen LogP contribution in [0.1, 0.15) is 12.5 Å². The number of imidazole rings is 1. The largest absolute Gasteiger partial charge is 0.416 e. The monoisotopic (exact) mass is 376 g/mol. The van der Waals surface area contributed by atoms with Crippen LogP contribution in [0.25, 0.3) is 11.0 Å². The lowest BCUT2D eigenvalue weighted by atomic mass is 10.2. The van der Waals surface area contributed by atoms with Gasteiger partial charge in [-0.25, -0.2) is 4.98 Å². The number of anilines is 2. The summed E-state index contributed by atoms with van der Waals surface area (Å²) in [6, 6.07) is 9.51. The molecule has 0 saturated heterocycles. The summed E-state index contributed by atoms with van der Waals surface area (Å²) in [6.45, 7) is 1.18. The third-order valence-electron chi connectivity index (χ3n) is 3.74. The zero-order valence-electron chi connectivity index (χ0n) is 14.2. The van der Waals surface area contributed by atoms with E-state index in [0.29, 0.717) is 16.7 Å². The van der Waals surface area contributed by atoms with Gasteiger partial charge in [-0.15, -0.1) is 0 Å². The van der Waals surface area contributed by atoms with Gasteiger partial charge in [0, 0.05) is 12.6 Å². The Labute approximate surface area is 152 Å². The van der Waals surface area contributed by atoms with Gasteiger partial charge >= 0.3 is 6.18 Å². The Morgan fingerprint density at radius 2 is 1.85 bits per heavy atom. The van der Waals surface area contributed by atoms with Crippen LogP contribution in [0.2, 0.25) is 0 Å². The van der Waals surface area contributed by atoms with E-state index in [4.69, 9.17) is 0 Å². The molecule has 0 fully saturated rings. The number of alkyl halides is 3. The summed E-state index contributed by atoms with van der Waals surface area (Å²) in [6.07, 6.45) is -3.06. The number of fused-ring (bicyclic) bond motifs is 1. The summed E-state index contributed by atoms with van der Waals surface area (Å²) < 4.78 is 39.8. The molecule has 0 saturated carbocycles. The summed E-state index contributed by atoms with van der Waals surface area (Å²) >= 11 is 0. The maximum Gasteiger partial charge on any atom is 0.416 e. The van der Waals surface area contributed by atoms with Crippen LogP contribution in [0.3, 0.4) is 0 Å². The van der Waals surface area contributed by atoms with E-state index in [1.807, 2.05) is 0 Å². The van der Waals surface area contributed by atoms with Crippen molar-refractivity contribution >= 4 is 34.2 Å². The number of hydrogen-bond acceptors (Lipinski definition) is 3. The minimum atomic E-state index is -4.49. The second-order valence-electron chi connectivity index (χ2n) is 5.85. The second kappa shape index (κ2) is 7.10. The molecule has 1 aromatic heterocycles. The highest BCUT2D eigenvalue weighted by molar-refractivity contribution is 5.99. The number of halogens is 3. The molecular weight excluding hydrogens is 361 g/mol. The molecule has 0 aliphatic heterocycles. The number of carbonyl (C=O) groups excluding carboxylic acids is 2. The van der Waals surface area contributed by atoms with Crippen molar-refractivity contribution in [3.63, 3.8) is 0 Å². The number of hydrogen-bond donors (Lipinski definition) is 2. The second-order valence-corrected chi connectivity index (χ2v) is 5.85.